The predicted molar refractivity (Wildman–Crippen MR) is 58.4 cm³/mol. The first-order valence-electron chi connectivity index (χ1n) is 4.56. The van der Waals surface area contributed by atoms with Crippen LogP contribution in [0.1, 0.15) is 11.0 Å². The maximum atomic E-state index is 5.69. The lowest BCUT2D eigenvalue weighted by atomic mass is 10.3. The molecule has 0 fully saturated rings. The van der Waals surface area contributed by atoms with E-state index < -0.39 is 0 Å². The molecular formula is C10H11N3OS. The quantitative estimate of drug-likeness (QED) is 0.630. The number of furan rings is 1. The molecule has 0 bridgehead atoms. The molecule has 2 rings (SSSR count). The van der Waals surface area contributed by atoms with Gasteiger partial charge in [-0.25, -0.2) is 9.97 Å². The molecule has 4 nitrogen and oxygen atoms in total. The standard InChI is InChI=1S/C10H11N3OS/c11-6-9(8-2-1-5-14-8)15-10-3-4-12-7-13-10/h1-5,7,9H,6,11H2. The summed E-state index contributed by atoms with van der Waals surface area (Å²) in [6, 6.07) is 5.64. The van der Waals surface area contributed by atoms with E-state index in [0.29, 0.717) is 6.54 Å². The van der Waals surface area contributed by atoms with Gasteiger partial charge < -0.3 is 10.2 Å². The Balaban J connectivity index is 2.10. The monoisotopic (exact) mass is 221 g/mol. The van der Waals surface area contributed by atoms with E-state index in [1.54, 1.807) is 24.2 Å². The van der Waals surface area contributed by atoms with E-state index in [-0.39, 0.29) is 5.25 Å². The third-order valence-electron chi connectivity index (χ3n) is 1.89. The zero-order valence-corrected chi connectivity index (χ0v) is 8.85. The van der Waals surface area contributed by atoms with Gasteiger partial charge in [-0.15, -0.1) is 0 Å². The maximum absolute atomic E-state index is 5.69. The Morgan fingerprint density at radius 2 is 2.40 bits per heavy atom. The first-order valence-corrected chi connectivity index (χ1v) is 5.44. The average molecular weight is 221 g/mol. The fourth-order valence-electron chi connectivity index (χ4n) is 1.19. The number of nitrogens with two attached hydrogens (primary N) is 1. The number of hydrogen-bond acceptors (Lipinski definition) is 5. The molecule has 0 radical (unpaired) electrons. The van der Waals surface area contributed by atoms with Gasteiger partial charge in [0.1, 0.15) is 17.1 Å². The van der Waals surface area contributed by atoms with Crippen molar-refractivity contribution in [3.63, 3.8) is 0 Å². The average Bonchev–Trinajstić information content (AvgIpc) is 2.81. The van der Waals surface area contributed by atoms with Gasteiger partial charge in [0, 0.05) is 12.7 Å². The second-order valence-corrected chi connectivity index (χ2v) is 4.13. The van der Waals surface area contributed by atoms with E-state index in [1.165, 1.54) is 6.33 Å². The molecule has 0 aliphatic carbocycles. The van der Waals surface area contributed by atoms with Crippen LogP contribution in [0.15, 0.2) is 46.4 Å². The van der Waals surface area contributed by atoms with Gasteiger partial charge in [-0.1, -0.05) is 11.8 Å². The third kappa shape index (κ3) is 2.57. The molecule has 2 heterocycles. The lowest BCUT2D eigenvalue weighted by Gasteiger charge is -2.10. The van der Waals surface area contributed by atoms with Crippen molar-refractivity contribution < 1.29 is 4.42 Å². The van der Waals surface area contributed by atoms with Crippen molar-refractivity contribution in [1.29, 1.82) is 0 Å². The van der Waals surface area contributed by atoms with Crippen LogP contribution in [-0.4, -0.2) is 16.5 Å². The Morgan fingerprint density at radius 3 is 3.00 bits per heavy atom. The predicted octanol–water partition coefficient (Wildman–Crippen LogP) is 1.86. The van der Waals surface area contributed by atoms with Gasteiger partial charge >= 0.3 is 0 Å². The topological polar surface area (TPSA) is 64.9 Å². The lowest BCUT2D eigenvalue weighted by Crippen LogP contribution is -2.08. The van der Waals surface area contributed by atoms with Gasteiger partial charge in [-0.05, 0) is 18.2 Å². The fraction of sp³-hybridized carbons (Fsp3) is 0.200. The van der Waals surface area contributed by atoms with E-state index in [4.69, 9.17) is 10.2 Å². The van der Waals surface area contributed by atoms with Crippen LogP contribution in [-0.2, 0) is 0 Å². The molecule has 15 heavy (non-hydrogen) atoms. The molecule has 5 heteroatoms. The zero-order valence-electron chi connectivity index (χ0n) is 8.04. The second kappa shape index (κ2) is 4.95. The summed E-state index contributed by atoms with van der Waals surface area (Å²) in [5.74, 6) is 0.876. The number of nitrogens with zero attached hydrogens (tertiary/aromatic N) is 2. The highest BCUT2D eigenvalue weighted by atomic mass is 32.2. The van der Waals surface area contributed by atoms with Crippen LogP contribution >= 0.6 is 11.8 Å². The largest absolute Gasteiger partial charge is 0.468 e. The summed E-state index contributed by atoms with van der Waals surface area (Å²) >= 11 is 1.58. The number of rotatable bonds is 4. The molecule has 0 spiro atoms. The Labute approximate surface area is 91.9 Å². The summed E-state index contributed by atoms with van der Waals surface area (Å²) < 4.78 is 5.31. The second-order valence-electron chi connectivity index (χ2n) is 2.91. The lowest BCUT2D eigenvalue weighted by molar-refractivity contribution is 0.507. The van der Waals surface area contributed by atoms with Gasteiger partial charge in [-0.2, -0.15) is 0 Å². The minimum atomic E-state index is 0.106. The van der Waals surface area contributed by atoms with Gasteiger partial charge in [-0.3, -0.25) is 0 Å². The van der Waals surface area contributed by atoms with Crippen LogP contribution in [0.2, 0.25) is 0 Å². The van der Waals surface area contributed by atoms with Crippen LogP contribution in [0.3, 0.4) is 0 Å². The molecule has 78 valence electrons. The Hall–Kier alpha value is -1.33. The summed E-state index contributed by atoms with van der Waals surface area (Å²) in [7, 11) is 0. The van der Waals surface area contributed by atoms with Crippen molar-refractivity contribution in [2.24, 2.45) is 5.73 Å². The molecular weight excluding hydrogens is 210 g/mol. The van der Waals surface area contributed by atoms with Crippen LogP contribution in [0.25, 0.3) is 0 Å². The summed E-state index contributed by atoms with van der Waals surface area (Å²) in [5, 5.41) is 1.01. The van der Waals surface area contributed by atoms with Crippen LogP contribution in [0.4, 0.5) is 0 Å². The molecule has 0 aliphatic heterocycles. The summed E-state index contributed by atoms with van der Waals surface area (Å²) in [4.78, 5) is 7.99. The van der Waals surface area contributed by atoms with E-state index in [1.807, 2.05) is 18.2 Å². The van der Waals surface area contributed by atoms with E-state index in [0.717, 1.165) is 10.8 Å². The van der Waals surface area contributed by atoms with Gasteiger partial charge in [0.25, 0.3) is 0 Å². The summed E-state index contributed by atoms with van der Waals surface area (Å²) in [5.41, 5.74) is 5.69. The molecule has 0 saturated heterocycles. The van der Waals surface area contributed by atoms with E-state index in [2.05, 4.69) is 9.97 Å². The molecule has 0 amide bonds. The fourth-order valence-corrected chi connectivity index (χ4v) is 2.08. The van der Waals surface area contributed by atoms with E-state index >= 15 is 0 Å². The molecule has 0 aromatic carbocycles. The van der Waals surface area contributed by atoms with Crippen LogP contribution < -0.4 is 5.73 Å². The first-order chi connectivity index (χ1) is 7.40. The SMILES string of the molecule is NCC(Sc1ccncn1)c1ccco1. The molecule has 2 N–H and O–H groups in total. The highest BCUT2D eigenvalue weighted by Gasteiger charge is 2.14. The normalized spacial score (nSPS) is 12.6. The van der Waals surface area contributed by atoms with Crippen LogP contribution in [0.5, 0.6) is 0 Å². The van der Waals surface area contributed by atoms with Crippen LogP contribution in [0, 0.1) is 0 Å². The van der Waals surface area contributed by atoms with Gasteiger partial charge in [0.15, 0.2) is 0 Å². The van der Waals surface area contributed by atoms with Gasteiger partial charge in [0.2, 0.25) is 0 Å². The van der Waals surface area contributed by atoms with Crippen molar-refractivity contribution >= 4 is 11.8 Å². The highest BCUT2D eigenvalue weighted by Crippen LogP contribution is 2.32. The van der Waals surface area contributed by atoms with E-state index in [9.17, 15) is 0 Å². The maximum Gasteiger partial charge on any atom is 0.118 e. The third-order valence-corrected chi connectivity index (χ3v) is 3.08. The Kier molecular flexibility index (Phi) is 3.37. The Bertz CT molecular complexity index is 390. The number of thioether (sulfide) groups is 1. The molecule has 2 aromatic heterocycles. The van der Waals surface area contributed by atoms with Gasteiger partial charge in [0.05, 0.1) is 11.5 Å². The molecule has 0 aliphatic rings. The Morgan fingerprint density at radius 1 is 1.47 bits per heavy atom. The number of aromatic nitrogens is 2. The van der Waals surface area contributed by atoms with Crippen molar-refractivity contribution in [3.8, 4) is 0 Å². The summed E-state index contributed by atoms with van der Waals surface area (Å²) in [6.07, 6.45) is 4.89. The first kappa shape index (κ1) is 10.2. The highest BCUT2D eigenvalue weighted by molar-refractivity contribution is 7.99. The minimum absolute atomic E-state index is 0.106. The zero-order chi connectivity index (χ0) is 10.5. The smallest absolute Gasteiger partial charge is 0.118 e. The summed E-state index contributed by atoms with van der Waals surface area (Å²) in [6.45, 7) is 0.516. The van der Waals surface area contributed by atoms with Crippen molar-refractivity contribution in [1.82, 2.24) is 9.97 Å². The van der Waals surface area contributed by atoms with Crippen molar-refractivity contribution in [2.75, 3.05) is 6.54 Å². The minimum Gasteiger partial charge on any atom is -0.468 e. The molecule has 1 atom stereocenters. The molecule has 2 aromatic rings. The van der Waals surface area contributed by atoms with Crippen molar-refractivity contribution in [3.05, 3.63) is 42.7 Å². The molecule has 1 unspecified atom stereocenters. The number of hydrogen-bond donors (Lipinski definition) is 1. The van der Waals surface area contributed by atoms with Crippen molar-refractivity contribution in [2.45, 2.75) is 10.3 Å². The molecule has 0 saturated carbocycles.